The molecule has 0 aliphatic heterocycles. The fourth-order valence-electron chi connectivity index (χ4n) is 3.45. The van der Waals surface area contributed by atoms with Crippen LogP contribution in [0.5, 0.6) is 0 Å². The van der Waals surface area contributed by atoms with Gasteiger partial charge >= 0.3 is 0 Å². The number of rotatable bonds is 6. The Labute approximate surface area is 121 Å². The van der Waals surface area contributed by atoms with E-state index < -0.39 is 0 Å². The smallest absolute Gasteiger partial charge is 0.00413 e. The van der Waals surface area contributed by atoms with Crippen LogP contribution in [0.25, 0.3) is 0 Å². The zero-order valence-electron chi connectivity index (χ0n) is 14.3. The molecule has 0 amide bonds. The van der Waals surface area contributed by atoms with Crippen LogP contribution in [-0.2, 0) is 0 Å². The fourth-order valence-corrected chi connectivity index (χ4v) is 3.45. The highest BCUT2D eigenvalue weighted by atomic mass is 14.9. The zero-order chi connectivity index (χ0) is 14.5. The van der Waals surface area contributed by atoms with Crippen LogP contribution in [0.2, 0.25) is 0 Å². The summed E-state index contributed by atoms with van der Waals surface area (Å²) < 4.78 is 0. The van der Waals surface area contributed by atoms with Gasteiger partial charge in [-0.05, 0) is 68.7 Å². The minimum Gasteiger partial charge on any atom is -0.314 e. The average Bonchev–Trinajstić information content (AvgIpc) is 2.35. The van der Waals surface area contributed by atoms with Crippen molar-refractivity contribution >= 4 is 0 Å². The second kappa shape index (κ2) is 7.67. The summed E-state index contributed by atoms with van der Waals surface area (Å²) in [6.07, 6.45) is 8.39. The van der Waals surface area contributed by atoms with Gasteiger partial charge in [0.1, 0.15) is 0 Å². The lowest BCUT2D eigenvalue weighted by molar-refractivity contribution is 0.147. The van der Waals surface area contributed by atoms with Crippen LogP contribution in [0.3, 0.4) is 0 Å². The van der Waals surface area contributed by atoms with Crippen molar-refractivity contribution in [1.29, 1.82) is 0 Å². The summed E-state index contributed by atoms with van der Waals surface area (Å²) in [5, 5.41) is 3.77. The third kappa shape index (κ3) is 6.29. The SMILES string of the molecule is CCC(C)CC(C)NCC1CCC(C(C)(C)C)CC1. The average molecular weight is 268 g/mol. The minimum absolute atomic E-state index is 0.516. The molecule has 19 heavy (non-hydrogen) atoms. The van der Waals surface area contributed by atoms with Gasteiger partial charge in [-0.25, -0.2) is 0 Å². The molecule has 1 heteroatoms. The topological polar surface area (TPSA) is 12.0 Å². The lowest BCUT2D eigenvalue weighted by atomic mass is 9.70. The maximum absolute atomic E-state index is 3.77. The summed E-state index contributed by atoms with van der Waals surface area (Å²) in [6.45, 7) is 15.5. The van der Waals surface area contributed by atoms with E-state index >= 15 is 0 Å². The Hall–Kier alpha value is -0.0400. The molecule has 1 aliphatic carbocycles. The molecule has 0 saturated heterocycles. The highest BCUT2D eigenvalue weighted by Crippen LogP contribution is 2.39. The van der Waals surface area contributed by atoms with Crippen molar-refractivity contribution in [2.45, 2.75) is 86.1 Å². The summed E-state index contributed by atoms with van der Waals surface area (Å²) in [4.78, 5) is 0. The number of hydrogen-bond donors (Lipinski definition) is 1. The Kier molecular flexibility index (Phi) is 6.86. The lowest BCUT2D eigenvalue weighted by Gasteiger charge is -2.37. The first kappa shape index (κ1) is 17.0. The van der Waals surface area contributed by atoms with E-state index in [-0.39, 0.29) is 0 Å². The van der Waals surface area contributed by atoms with Crippen molar-refractivity contribution in [3.8, 4) is 0 Å². The van der Waals surface area contributed by atoms with Crippen LogP contribution in [-0.4, -0.2) is 12.6 Å². The second-order valence-corrected chi connectivity index (χ2v) is 8.14. The summed E-state index contributed by atoms with van der Waals surface area (Å²) >= 11 is 0. The van der Waals surface area contributed by atoms with Gasteiger partial charge in [0.15, 0.2) is 0 Å². The van der Waals surface area contributed by atoms with Crippen LogP contribution < -0.4 is 5.32 Å². The maximum Gasteiger partial charge on any atom is 0.00413 e. The summed E-state index contributed by atoms with van der Waals surface area (Å²) in [7, 11) is 0. The predicted octanol–water partition coefficient (Wildman–Crippen LogP) is 5.25. The first-order valence-electron chi connectivity index (χ1n) is 8.56. The second-order valence-electron chi connectivity index (χ2n) is 8.14. The first-order chi connectivity index (χ1) is 8.82. The van der Waals surface area contributed by atoms with Crippen LogP contribution in [0.15, 0.2) is 0 Å². The molecule has 1 aliphatic rings. The van der Waals surface area contributed by atoms with Crippen molar-refractivity contribution < 1.29 is 0 Å². The fraction of sp³-hybridized carbons (Fsp3) is 1.00. The Morgan fingerprint density at radius 1 is 1.05 bits per heavy atom. The van der Waals surface area contributed by atoms with Gasteiger partial charge in [0.05, 0.1) is 0 Å². The van der Waals surface area contributed by atoms with Crippen molar-refractivity contribution in [2.24, 2.45) is 23.2 Å². The highest BCUT2D eigenvalue weighted by Gasteiger charge is 2.29. The Morgan fingerprint density at radius 3 is 2.11 bits per heavy atom. The third-order valence-corrected chi connectivity index (χ3v) is 5.28. The molecular weight excluding hydrogens is 230 g/mol. The van der Waals surface area contributed by atoms with Gasteiger partial charge in [-0.15, -0.1) is 0 Å². The van der Waals surface area contributed by atoms with Gasteiger partial charge < -0.3 is 5.32 Å². The van der Waals surface area contributed by atoms with Crippen LogP contribution in [0, 0.1) is 23.2 Å². The zero-order valence-corrected chi connectivity index (χ0v) is 14.3. The predicted molar refractivity (Wildman–Crippen MR) is 86.4 cm³/mol. The van der Waals surface area contributed by atoms with Gasteiger partial charge in [0.25, 0.3) is 0 Å². The summed E-state index contributed by atoms with van der Waals surface area (Å²) in [5.41, 5.74) is 0.516. The molecule has 0 radical (unpaired) electrons. The van der Waals surface area contributed by atoms with Crippen LogP contribution in [0.1, 0.15) is 80.1 Å². The molecular formula is C18H37N. The monoisotopic (exact) mass is 267 g/mol. The molecule has 1 rings (SSSR count). The number of nitrogens with one attached hydrogen (secondary N) is 1. The quantitative estimate of drug-likeness (QED) is 0.693. The molecule has 0 aromatic heterocycles. The maximum atomic E-state index is 3.77. The minimum atomic E-state index is 0.516. The number of hydrogen-bond acceptors (Lipinski definition) is 1. The molecule has 2 atom stereocenters. The summed E-state index contributed by atoms with van der Waals surface area (Å²) in [5.74, 6) is 2.73. The highest BCUT2D eigenvalue weighted by molar-refractivity contribution is 4.81. The van der Waals surface area contributed by atoms with Gasteiger partial charge in [0.2, 0.25) is 0 Å². The third-order valence-electron chi connectivity index (χ3n) is 5.28. The molecule has 2 unspecified atom stereocenters. The van der Waals surface area contributed by atoms with Gasteiger partial charge in [-0.3, -0.25) is 0 Å². The Balaban J connectivity index is 2.19. The first-order valence-corrected chi connectivity index (χ1v) is 8.56. The van der Waals surface area contributed by atoms with E-state index in [1.54, 1.807) is 0 Å². The molecule has 1 nitrogen and oxygen atoms in total. The molecule has 0 aromatic carbocycles. The molecule has 0 aromatic rings. The molecule has 0 bridgehead atoms. The molecule has 0 heterocycles. The normalized spacial score (nSPS) is 28.1. The van der Waals surface area contributed by atoms with Crippen LogP contribution in [0.4, 0.5) is 0 Å². The molecule has 0 spiro atoms. The molecule has 1 fully saturated rings. The van der Waals surface area contributed by atoms with Crippen molar-refractivity contribution in [3.63, 3.8) is 0 Å². The van der Waals surface area contributed by atoms with E-state index in [1.165, 1.54) is 45.1 Å². The summed E-state index contributed by atoms with van der Waals surface area (Å²) in [6, 6.07) is 0.690. The van der Waals surface area contributed by atoms with E-state index in [9.17, 15) is 0 Å². The van der Waals surface area contributed by atoms with E-state index in [1.807, 2.05) is 0 Å². The van der Waals surface area contributed by atoms with E-state index in [2.05, 4.69) is 46.9 Å². The molecule has 1 N–H and O–H groups in total. The van der Waals surface area contributed by atoms with Gasteiger partial charge in [0, 0.05) is 6.04 Å². The molecule has 114 valence electrons. The van der Waals surface area contributed by atoms with E-state index in [0.29, 0.717) is 11.5 Å². The van der Waals surface area contributed by atoms with Crippen molar-refractivity contribution in [2.75, 3.05) is 6.54 Å². The van der Waals surface area contributed by atoms with Crippen molar-refractivity contribution in [1.82, 2.24) is 5.32 Å². The van der Waals surface area contributed by atoms with Gasteiger partial charge in [-0.2, -0.15) is 0 Å². The molecule has 1 saturated carbocycles. The van der Waals surface area contributed by atoms with Crippen molar-refractivity contribution in [3.05, 3.63) is 0 Å². The Morgan fingerprint density at radius 2 is 1.63 bits per heavy atom. The van der Waals surface area contributed by atoms with Gasteiger partial charge in [-0.1, -0.05) is 41.0 Å². The lowest BCUT2D eigenvalue weighted by Crippen LogP contribution is -2.35. The van der Waals surface area contributed by atoms with E-state index in [0.717, 1.165) is 17.8 Å². The largest absolute Gasteiger partial charge is 0.314 e. The standard InChI is InChI=1S/C18H37N/c1-7-14(2)12-15(3)19-13-16-8-10-17(11-9-16)18(4,5)6/h14-17,19H,7-13H2,1-6H3. The Bertz CT molecular complexity index is 233. The van der Waals surface area contributed by atoms with Crippen LogP contribution >= 0.6 is 0 Å². The van der Waals surface area contributed by atoms with E-state index in [4.69, 9.17) is 0 Å².